The summed E-state index contributed by atoms with van der Waals surface area (Å²) in [5, 5.41) is 1.41. The molecule has 1 amide bonds. The number of carbonyl (C=O) groups excluding carboxylic acids is 1. The summed E-state index contributed by atoms with van der Waals surface area (Å²) in [6.07, 6.45) is 0. The SMILES string of the molecule is Cc1c(Cl)ccc2sc(N(Cc3ccccc3)C(=O)CSCc3ccccc3)nc12. The fraction of sp³-hybridized carbons (Fsp3) is 0.167. The molecule has 30 heavy (non-hydrogen) atoms. The number of rotatable bonds is 7. The third-order valence-electron chi connectivity index (χ3n) is 4.79. The quantitative estimate of drug-likeness (QED) is 0.312. The largest absolute Gasteiger partial charge is 0.283 e. The van der Waals surface area contributed by atoms with Gasteiger partial charge in [0.25, 0.3) is 0 Å². The van der Waals surface area contributed by atoms with Crippen molar-refractivity contribution in [2.45, 2.75) is 19.2 Å². The van der Waals surface area contributed by atoms with Crippen molar-refractivity contribution >= 4 is 56.0 Å². The van der Waals surface area contributed by atoms with Crippen LogP contribution in [0.2, 0.25) is 5.02 Å². The molecule has 0 fully saturated rings. The second-order valence-electron chi connectivity index (χ2n) is 6.96. The van der Waals surface area contributed by atoms with Gasteiger partial charge in [-0.1, -0.05) is 83.6 Å². The average Bonchev–Trinajstić information content (AvgIpc) is 3.21. The van der Waals surface area contributed by atoms with Crippen LogP contribution in [0.15, 0.2) is 72.8 Å². The fourth-order valence-electron chi connectivity index (χ4n) is 3.14. The number of benzene rings is 3. The summed E-state index contributed by atoms with van der Waals surface area (Å²) in [7, 11) is 0. The molecular weight excluding hydrogens is 432 g/mol. The van der Waals surface area contributed by atoms with Gasteiger partial charge < -0.3 is 0 Å². The topological polar surface area (TPSA) is 33.2 Å². The van der Waals surface area contributed by atoms with E-state index in [-0.39, 0.29) is 5.91 Å². The molecule has 0 aliphatic rings. The predicted octanol–water partition coefficient (Wildman–Crippen LogP) is 6.72. The van der Waals surface area contributed by atoms with E-state index in [1.165, 1.54) is 16.9 Å². The Balaban J connectivity index is 1.57. The summed E-state index contributed by atoms with van der Waals surface area (Å²) >= 11 is 9.43. The molecule has 152 valence electrons. The van der Waals surface area contributed by atoms with Crippen LogP contribution in [0.5, 0.6) is 0 Å². The van der Waals surface area contributed by atoms with Crippen LogP contribution < -0.4 is 4.90 Å². The zero-order chi connectivity index (χ0) is 20.9. The van der Waals surface area contributed by atoms with Gasteiger partial charge in [-0.15, -0.1) is 11.8 Å². The van der Waals surface area contributed by atoms with E-state index in [4.69, 9.17) is 16.6 Å². The second kappa shape index (κ2) is 9.65. The first-order valence-electron chi connectivity index (χ1n) is 9.63. The Bertz CT molecular complexity index is 1150. The number of anilines is 1. The average molecular weight is 453 g/mol. The number of hydrogen-bond donors (Lipinski definition) is 0. The van der Waals surface area contributed by atoms with Crippen molar-refractivity contribution < 1.29 is 4.79 Å². The molecule has 0 unspecified atom stereocenters. The third-order valence-corrected chi connectivity index (χ3v) is 7.23. The molecule has 0 N–H and O–H groups in total. The Labute approximate surface area is 189 Å². The van der Waals surface area contributed by atoms with Gasteiger partial charge in [0.2, 0.25) is 5.91 Å². The lowest BCUT2D eigenvalue weighted by atomic mass is 10.2. The lowest BCUT2D eigenvalue weighted by Gasteiger charge is -2.20. The van der Waals surface area contributed by atoms with Gasteiger partial charge in [0.05, 0.1) is 22.5 Å². The Morgan fingerprint density at radius 2 is 1.67 bits per heavy atom. The van der Waals surface area contributed by atoms with E-state index in [0.29, 0.717) is 22.5 Å². The number of aryl methyl sites for hydroxylation is 1. The number of carbonyl (C=O) groups is 1. The molecule has 0 radical (unpaired) electrons. The molecular formula is C24H21ClN2OS2. The third kappa shape index (κ3) is 4.86. The molecule has 4 rings (SSSR count). The van der Waals surface area contributed by atoms with Gasteiger partial charge in [-0.25, -0.2) is 4.98 Å². The van der Waals surface area contributed by atoms with Crippen molar-refractivity contribution in [3.8, 4) is 0 Å². The minimum atomic E-state index is 0.0580. The molecule has 0 spiro atoms. The molecule has 0 atom stereocenters. The first-order valence-corrected chi connectivity index (χ1v) is 12.0. The van der Waals surface area contributed by atoms with Crippen LogP contribution >= 0.6 is 34.7 Å². The maximum Gasteiger partial charge on any atom is 0.239 e. The minimum Gasteiger partial charge on any atom is -0.283 e. The molecule has 0 saturated heterocycles. The highest BCUT2D eigenvalue weighted by Gasteiger charge is 2.21. The first kappa shape index (κ1) is 20.9. The van der Waals surface area contributed by atoms with E-state index in [9.17, 15) is 4.79 Å². The highest BCUT2D eigenvalue weighted by Crippen LogP contribution is 2.34. The van der Waals surface area contributed by atoms with Crippen LogP contribution in [0.3, 0.4) is 0 Å². The van der Waals surface area contributed by atoms with Crippen LogP contribution in [0, 0.1) is 6.92 Å². The predicted molar refractivity (Wildman–Crippen MR) is 130 cm³/mol. The molecule has 4 aromatic rings. The van der Waals surface area contributed by atoms with E-state index < -0.39 is 0 Å². The molecule has 3 aromatic carbocycles. The molecule has 0 bridgehead atoms. The fourth-order valence-corrected chi connectivity index (χ4v) is 5.20. The molecule has 6 heteroatoms. The van der Waals surface area contributed by atoms with Gasteiger partial charge in [-0.3, -0.25) is 9.69 Å². The van der Waals surface area contributed by atoms with Crippen molar-refractivity contribution in [1.29, 1.82) is 0 Å². The smallest absolute Gasteiger partial charge is 0.239 e. The highest BCUT2D eigenvalue weighted by molar-refractivity contribution is 7.99. The Kier molecular flexibility index (Phi) is 6.72. The summed E-state index contributed by atoms with van der Waals surface area (Å²) in [6, 6.07) is 24.1. The summed E-state index contributed by atoms with van der Waals surface area (Å²) in [4.78, 5) is 19.8. The zero-order valence-electron chi connectivity index (χ0n) is 16.5. The zero-order valence-corrected chi connectivity index (χ0v) is 18.9. The van der Waals surface area contributed by atoms with Gasteiger partial charge in [0.1, 0.15) is 0 Å². The second-order valence-corrected chi connectivity index (χ2v) is 9.36. The Morgan fingerprint density at radius 3 is 2.37 bits per heavy atom. The number of nitrogens with zero attached hydrogens (tertiary/aromatic N) is 2. The minimum absolute atomic E-state index is 0.0580. The molecule has 0 aliphatic carbocycles. The van der Waals surface area contributed by atoms with Crippen LogP contribution in [-0.4, -0.2) is 16.6 Å². The number of hydrogen-bond acceptors (Lipinski definition) is 4. The van der Waals surface area contributed by atoms with Gasteiger partial charge in [-0.05, 0) is 35.7 Å². The number of thioether (sulfide) groups is 1. The molecule has 0 saturated carbocycles. The van der Waals surface area contributed by atoms with Crippen molar-refractivity contribution in [3.05, 3.63) is 94.5 Å². The van der Waals surface area contributed by atoms with E-state index in [2.05, 4.69) is 12.1 Å². The number of thiazole rings is 1. The maximum atomic E-state index is 13.2. The molecule has 0 aliphatic heterocycles. The summed E-state index contributed by atoms with van der Waals surface area (Å²) < 4.78 is 1.04. The Hall–Kier alpha value is -2.34. The number of aromatic nitrogens is 1. The number of halogens is 1. The van der Waals surface area contributed by atoms with Crippen molar-refractivity contribution in [3.63, 3.8) is 0 Å². The first-order chi connectivity index (χ1) is 14.6. The maximum absolute atomic E-state index is 13.2. The van der Waals surface area contributed by atoms with Crippen LogP contribution in [0.25, 0.3) is 10.2 Å². The van der Waals surface area contributed by atoms with Crippen molar-refractivity contribution in [2.24, 2.45) is 0 Å². The standard InChI is InChI=1S/C24H21ClN2OS2/c1-17-20(25)12-13-21-23(17)26-24(30-21)27(14-18-8-4-2-5-9-18)22(28)16-29-15-19-10-6-3-7-11-19/h2-13H,14-16H2,1H3. The monoisotopic (exact) mass is 452 g/mol. The van der Waals surface area contributed by atoms with Gasteiger partial charge >= 0.3 is 0 Å². The summed E-state index contributed by atoms with van der Waals surface area (Å²) in [5.74, 6) is 1.26. The van der Waals surface area contributed by atoms with Gasteiger partial charge in [0, 0.05) is 10.8 Å². The number of fused-ring (bicyclic) bond motifs is 1. The highest BCUT2D eigenvalue weighted by atomic mass is 35.5. The number of amides is 1. The van der Waals surface area contributed by atoms with E-state index >= 15 is 0 Å². The summed E-state index contributed by atoms with van der Waals surface area (Å²) in [5.41, 5.74) is 4.11. The van der Waals surface area contributed by atoms with Gasteiger partial charge in [-0.2, -0.15) is 0 Å². The molecule has 1 aromatic heterocycles. The van der Waals surface area contributed by atoms with Gasteiger partial charge in [0.15, 0.2) is 5.13 Å². The van der Waals surface area contributed by atoms with E-state index in [1.54, 1.807) is 16.7 Å². The normalized spacial score (nSPS) is 11.0. The van der Waals surface area contributed by atoms with Crippen LogP contribution in [0.4, 0.5) is 5.13 Å². The molecule has 1 heterocycles. The Morgan fingerprint density at radius 1 is 1.00 bits per heavy atom. The lowest BCUT2D eigenvalue weighted by molar-refractivity contribution is -0.116. The van der Waals surface area contributed by atoms with Crippen molar-refractivity contribution in [2.75, 3.05) is 10.7 Å². The van der Waals surface area contributed by atoms with Crippen molar-refractivity contribution in [1.82, 2.24) is 4.98 Å². The summed E-state index contributed by atoms with van der Waals surface area (Å²) in [6.45, 7) is 2.46. The molecule has 3 nitrogen and oxygen atoms in total. The van der Waals surface area contributed by atoms with Crippen LogP contribution in [-0.2, 0) is 17.1 Å². The lowest BCUT2D eigenvalue weighted by Crippen LogP contribution is -2.31. The van der Waals surface area contributed by atoms with E-state index in [1.807, 2.05) is 67.6 Å². The van der Waals surface area contributed by atoms with E-state index in [0.717, 1.165) is 27.1 Å². The van der Waals surface area contributed by atoms with Crippen LogP contribution in [0.1, 0.15) is 16.7 Å².